The summed E-state index contributed by atoms with van der Waals surface area (Å²) >= 11 is 0. The number of hydrogen-bond donors (Lipinski definition) is 0. The van der Waals surface area contributed by atoms with Crippen LogP contribution < -0.4 is 28.7 Å². The Morgan fingerprint density at radius 2 is 0.941 bits per heavy atom. The Bertz CT molecular complexity index is 1070. The van der Waals surface area contributed by atoms with Crippen LogP contribution >= 0.6 is 0 Å². The van der Waals surface area contributed by atoms with E-state index in [1.54, 1.807) is 0 Å². The first-order valence-corrected chi connectivity index (χ1v) is 9.78. The standard InChI is InChI=1S/C21H23N7O6/c1-27(20-23-14(31-3)10-15(24-20)32-4)18(29)12-8-7-9-13(22-12)19(30)28(2)21-25-16(33-5)11-17(26-21)34-6/h7-11H,1-6H3. The lowest BCUT2D eigenvalue weighted by Gasteiger charge is -2.18. The number of amides is 2. The lowest BCUT2D eigenvalue weighted by molar-refractivity contribution is 0.0982. The summed E-state index contributed by atoms with van der Waals surface area (Å²) in [7, 11) is 8.67. The molecule has 0 aliphatic heterocycles. The zero-order chi connectivity index (χ0) is 24.8. The molecule has 34 heavy (non-hydrogen) atoms. The molecule has 0 aliphatic rings. The van der Waals surface area contributed by atoms with E-state index in [1.807, 2.05) is 0 Å². The molecule has 3 aromatic rings. The average molecular weight is 469 g/mol. The fourth-order valence-electron chi connectivity index (χ4n) is 2.70. The van der Waals surface area contributed by atoms with Crippen molar-refractivity contribution in [2.24, 2.45) is 0 Å². The highest BCUT2D eigenvalue weighted by Gasteiger charge is 2.23. The molecule has 0 saturated carbocycles. The van der Waals surface area contributed by atoms with Gasteiger partial charge in [-0.3, -0.25) is 19.4 Å². The van der Waals surface area contributed by atoms with Crippen molar-refractivity contribution in [3.8, 4) is 23.5 Å². The van der Waals surface area contributed by atoms with Gasteiger partial charge in [-0.2, -0.15) is 19.9 Å². The highest BCUT2D eigenvalue weighted by molar-refractivity contribution is 6.06. The molecule has 2 amide bonds. The Labute approximate surface area is 195 Å². The van der Waals surface area contributed by atoms with Gasteiger partial charge in [0, 0.05) is 14.1 Å². The third-order valence-corrected chi connectivity index (χ3v) is 4.57. The van der Waals surface area contributed by atoms with Crippen molar-refractivity contribution in [2.45, 2.75) is 0 Å². The quantitative estimate of drug-likeness (QED) is 0.470. The Kier molecular flexibility index (Phi) is 7.36. The molecule has 13 nitrogen and oxygen atoms in total. The molecule has 0 saturated heterocycles. The Morgan fingerprint density at radius 1 is 0.618 bits per heavy atom. The monoisotopic (exact) mass is 469 g/mol. The predicted molar refractivity (Wildman–Crippen MR) is 120 cm³/mol. The molecule has 178 valence electrons. The third kappa shape index (κ3) is 5.09. The van der Waals surface area contributed by atoms with E-state index in [0.717, 1.165) is 0 Å². The number of rotatable bonds is 8. The molecule has 3 aromatic heterocycles. The van der Waals surface area contributed by atoms with E-state index < -0.39 is 11.8 Å². The molecule has 0 atom stereocenters. The van der Waals surface area contributed by atoms with Crippen LogP contribution in [-0.2, 0) is 0 Å². The summed E-state index contributed by atoms with van der Waals surface area (Å²) in [5, 5.41) is 0. The second-order valence-corrected chi connectivity index (χ2v) is 6.64. The van der Waals surface area contributed by atoms with Crippen molar-refractivity contribution < 1.29 is 28.5 Å². The van der Waals surface area contributed by atoms with Crippen molar-refractivity contribution in [1.29, 1.82) is 0 Å². The number of carbonyl (C=O) groups excluding carboxylic acids is 2. The van der Waals surface area contributed by atoms with Crippen LogP contribution in [0.25, 0.3) is 0 Å². The molecular formula is C21H23N7O6. The molecule has 0 N–H and O–H groups in total. The number of anilines is 2. The van der Waals surface area contributed by atoms with Crippen LogP contribution in [0.3, 0.4) is 0 Å². The Hall–Kier alpha value is -4.55. The molecule has 0 fully saturated rings. The molecule has 0 spiro atoms. The van der Waals surface area contributed by atoms with Gasteiger partial charge in [-0.15, -0.1) is 0 Å². The van der Waals surface area contributed by atoms with Crippen LogP contribution in [0, 0.1) is 0 Å². The van der Waals surface area contributed by atoms with Crippen LogP contribution in [-0.4, -0.2) is 79.3 Å². The van der Waals surface area contributed by atoms with Crippen LogP contribution in [0.1, 0.15) is 21.0 Å². The topological polar surface area (TPSA) is 142 Å². The van der Waals surface area contributed by atoms with Crippen LogP contribution in [0.2, 0.25) is 0 Å². The number of ether oxygens (including phenoxy) is 4. The number of methoxy groups -OCH3 is 4. The number of hydrogen-bond acceptors (Lipinski definition) is 11. The molecule has 13 heteroatoms. The van der Waals surface area contributed by atoms with Gasteiger partial charge in [0.2, 0.25) is 35.4 Å². The first-order chi connectivity index (χ1) is 16.3. The van der Waals surface area contributed by atoms with Gasteiger partial charge in [0.1, 0.15) is 11.4 Å². The van der Waals surface area contributed by atoms with Gasteiger partial charge in [0.25, 0.3) is 11.8 Å². The molecule has 3 rings (SSSR count). The molecule has 0 radical (unpaired) electrons. The smallest absolute Gasteiger partial charge is 0.278 e. The number of aromatic nitrogens is 5. The SMILES string of the molecule is COc1cc(OC)nc(N(C)C(=O)c2cccc(C(=O)N(C)c3nc(OC)cc(OC)n3)n2)n1. The van der Waals surface area contributed by atoms with Crippen molar-refractivity contribution in [3.63, 3.8) is 0 Å². The maximum absolute atomic E-state index is 13.0. The van der Waals surface area contributed by atoms with Gasteiger partial charge >= 0.3 is 0 Å². The number of nitrogens with zero attached hydrogens (tertiary/aromatic N) is 7. The van der Waals surface area contributed by atoms with E-state index >= 15 is 0 Å². The zero-order valence-electron chi connectivity index (χ0n) is 19.5. The lowest BCUT2D eigenvalue weighted by Crippen LogP contribution is -2.31. The van der Waals surface area contributed by atoms with Crippen LogP contribution in [0.5, 0.6) is 23.5 Å². The summed E-state index contributed by atoms with van der Waals surface area (Å²) in [4.78, 5) is 49.3. The first-order valence-electron chi connectivity index (χ1n) is 9.78. The molecular weight excluding hydrogens is 446 g/mol. The summed E-state index contributed by atoms with van der Waals surface area (Å²) in [6.07, 6.45) is 0. The Balaban J connectivity index is 1.88. The summed E-state index contributed by atoms with van der Waals surface area (Å²) in [6.45, 7) is 0. The number of pyridine rings is 1. The maximum atomic E-state index is 13.0. The maximum Gasteiger partial charge on any atom is 0.278 e. The van der Waals surface area contributed by atoms with Gasteiger partial charge < -0.3 is 18.9 Å². The van der Waals surface area contributed by atoms with Gasteiger partial charge in [-0.05, 0) is 12.1 Å². The molecule has 0 aliphatic carbocycles. The minimum atomic E-state index is -0.549. The van der Waals surface area contributed by atoms with E-state index in [2.05, 4.69) is 24.9 Å². The molecule has 0 aromatic carbocycles. The minimum absolute atomic E-state index is 0.00345. The highest BCUT2D eigenvalue weighted by Crippen LogP contribution is 2.22. The Morgan fingerprint density at radius 3 is 1.24 bits per heavy atom. The molecule has 3 heterocycles. The van der Waals surface area contributed by atoms with Crippen LogP contribution in [0.15, 0.2) is 30.3 Å². The van der Waals surface area contributed by atoms with Gasteiger partial charge in [0.05, 0.1) is 40.6 Å². The van der Waals surface area contributed by atoms with Gasteiger partial charge in [0.15, 0.2) is 0 Å². The van der Waals surface area contributed by atoms with E-state index in [0.29, 0.717) is 0 Å². The second-order valence-electron chi connectivity index (χ2n) is 6.64. The summed E-state index contributed by atoms with van der Waals surface area (Å²) < 4.78 is 20.5. The van der Waals surface area contributed by atoms with Gasteiger partial charge in [-0.25, -0.2) is 4.98 Å². The average Bonchev–Trinajstić information content (AvgIpc) is 2.90. The lowest BCUT2D eigenvalue weighted by atomic mass is 10.2. The van der Waals surface area contributed by atoms with Gasteiger partial charge in [-0.1, -0.05) is 6.07 Å². The first kappa shape index (κ1) is 24.1. The van der Waals surface area contributed by atoms with Crippen molar-refractivity contribution in [3.05, 3.63) is 41.7 Å². The summed E-state index contributed by atoms with van der Waals surface area (Å²) in [6, 6.07) is 7.43. The second kappa shape index (κ2) is 10.4. The molecule has 0 unspecified atom stereocenters. The van der Waals surface area contributed by atoms with Crippen LogP contribution in [0.4, 0.5) is 11.9 Å². The summed E-state index contributed by atoms with van der Waals surface area (Å²) in [5.41, 5.74) is -0.00689. The third-order valence-electron chi connectivity index (χ3n) is 4.57. The predicted octanol–water partition coefficient (Wildman–Crippen LogP) is 1.25. The van der Waals surface area contributed by atoms with E-state index in [4.69, 9.17) is 18.9 Å². The normalized spacial score (nSPS) is 10.3. The van der Waals surface area contributed by atoms with E-state index in [-0.39, 0.29) is 46.8 Å². The fourth-order valence-corrected chi connectivity index (χ4v) is 2.70. The highest BCUT2D eigenvalue weighted by atomic mass is 16.5. The minimum Gasteiger partial charge on any atom is -0.481 e. The fraction of sp³-hybridized carbons (Fsp3) is 0.286. The number of carbonyl (C=O) groups is 2. The van der Waals surface area contributed by atoms with E-state index in [9.17, 15) is 9.59 Å². The van der Waals surface area contributed by atoms with Crippen molar-refractivity contribution in [1.82, 2.24) is 24.9 Å². The molecule has 0 bridgehead atoms. The van der Waals surface area contributed by atoms with Crippen molar-refractivity contribution in [2.75, 3.05) is 52.3 Å². The van der Waals surface area contributed by atoms with Crippen molar-refractivity contribution >= 4 is 23.7 Å². The summed E-state index contributed by atoms with van der Waals surface area (Å²) in [5.74, 6) is -0.161. The largest absolute Gasteiger partial charge is 0.481 e. The zero-order valence-corrected chi connectivity index (χ0v) is 19.5. The van der Waals surface area contributed by atoms with E-state index in [1.165, 1.54) is 82.7 Å².